The molecule has 2 N–H and O–H groups in total. The minimum absolute atomic E-state index is 0.0630. The minimum atomic E-state index is -0.193. The zero-order valence-electron chi connectivity index (χ0n) is 13.9. The molecule has 1 aliphatic rings. The number of hydrogen-bond acceptors (Lipinski definition) is 2. The summed E-state index contributed by atoms with van der Waals surface area (Å²) in [7, 11) is 0. The van der Waals surface area contributed by atoms with Crippen LogP contribution in [0.5, 0.6) is 0 Å². The Morgan fingerprint density at radius 2 is 2.09 bits per heavy atom. The summed E-state index contributed by atoms with van der Waals surface area (Å²) < 4.78 is 0. The van der Waals surface area contributed by atoms with Gasteiger partial charge in [-0.15, -0.1) is 0 Å². The average Bonchev–Trinajstić information content (AvgIpc) is 2.50. The number of urea groups is 1. The molecule has 0 aliphatic carbocycles. The van der Waals surface area contributed by atoms with Crippen LogP contribution in [0.25, 0.3) is 0 Å². The maximum Gasteiger partial charge on any atom is 0.317 e. The molecule has 6 heteroatoms. The summed E-state index contributed by atoms with van der Waals surface area (Å²) in [6, 6.07) is 5.45. The molecule has 0 aromatic heterocycles. The molecule has 1 fully saturated rings. The molecule has 0 saturated carbocycles. The van der Waals surface area contributed by atoms with Crippen LogP contribution in [0.15, 0.2) is 18.2 Å². The first-order chi connectivity index (χ1) is 10.9. The molecule has 1 saturated heterocycles. The Morgan fingerprint density at radius 1 is 1.35 bits per heavy atom. The van der Waals surface area contributed by atoms with Gasteiger partial charge in [0, 0.05) is 29.8 Å². The van der Waals surface area contributed by atoms with Gasteiger partial charge in [-0.1, -0.05) is 17.7 Å². The van der Waals surface area contributed by atoms with E-state index in [1.54, 1.807) is 11.0 Å². The van der Waals surface area contributed by atoms with Crippen LogP contribution in [-0.2, 0) is 4.79 Å². The van der Waals surface area contributed by atoms with Gasteiger partial charge in [0.15, 0.2) is 0 Å². The van der Waals surface area contributed by atoms with Gasteiger partial charge in [0.25, 0.3) is 0 Å². The third-order valence-corrected chi connectivity index (χ3v) is 4.34. The van der Waals surface area contributed by atoms with E-state index in [0.29, 0.717) is 23.8 Å². The lowest BCUT2D eigenvalue weighted by Gasteiger charge is -2.32. The van der Waals surface area contributed by atoms with Crippen molar-refractivity contribution in [2.45, 2.75) is 39.7 Å². The van der Waals surface area contributed by atoms with E-state index in [2.05, 4.69) is 10.6 Å². The lowest BCUT2D eigenvalue weighted by atomic mass is 9.97. The summed E-state index contributed by atoms with van der Waals surface area (Å²) in [5.74, 6) is -0.256. The zero-order chi connectivity index (χ0) is 17.0. The Balaban J connectivity index is 1.96. The number of piperidine rings is 1. The van der Waals surface area contributed by atoms with Crippen LogP contribution in [0.3, 0.4) is 0 Å². The lowest BCUT2D eigenvalue weighted by molar-refractivity contribution is -0.121. The fraction of sp³-hybridized carbons (Fsp3) is 0.529. The number of rotatable bonds is 3. The first-order valence-corrected chi connectivity index (χ1v) is 8.37. The standard InChI is InChI=1S/C17H24ClN3O2/c1-11(2)19-17(23)21-8-4-5-13(10-21)16(22)20-14-7-6-12(3)15(18)9-14/h6-7,9,11,13H,4-5,8,10H2,1-3H3,(H,19,23)(H,20,22)/t13-/m1/s1. The van der Waals surface area contributed by atoms with Crippen molar-refractivity contribution < 1.29 is 9.59 Å². The topological polar surface area (TPSA) is 61.4 Å². The summed E-state index contributed by atoms with van der Waals surface area (Å²) in [6.07, 6.45) is 1.62. The SMILES string of the molecule is Cc1ccc(NC(=O)[C@@H]2CCCN(C(=O)NC(C)C)C2)cc1Cl. The summed E-state index contributed by atoms with van der Waals surface area (Å²) in [4.78, 5) is 26.2. The number of carbonyl (C=O) groups excluding carboxylic acids is 2. The van der Waals surface area contributed by atoms with E-state index in [4.69, 9.17) is 11.6 Å². The zero-order valence-corrected chi connectivity index (χ0v) is 14.6. The smallest absolute Gasteiger partial charge is 0.317 e. The van der Waals surface area contributed by atoms with Gasteiger partial charge in [0.1, 0.15) is 0 Å². The Kier molecular flexibility index (Phi) is 5.88. The number of benzene rings is 1. The molecular weight excluding hydrogens is 314 g/mol. The Labute approximate surface area is 142 Å². The second-order valence-electron chi connectivity index (χ2n) is 6.34. The van der Waals surface area contributed by atoms with E-state index in [1.165, 1.54) is 0 Å². The third kappa shape index (κ3) is 4.86. The summed E-state index contributed by atoms with van der Waals surface area (Å²) in [5.41, 5.74) is 1.66. The predicted molar refractivity (Wildman–Crippen MR) is 92.8 cm³/mol. The van der Waals surface area contributed by atoms with Crippen LogP contribution < -0.4 is 10.6 Å². The predicted octanol–water partition coefficient (Wildman–Crippen LogP) is 3.42. The number of carbonyl (C=O) groups is 2. The summed E-state index contributed by atoms with van der Waals surface area (Å²) >= 11 is 6.08. The quantitative estimate of drug-likeness (QED) is 0.887. The number of nitrogens with zero attached hydrogens (tertiary/aromatic N) is 1. The van der Waals surface area contributed by atoms with Crippen LogP contribution >= 0.6 is 11.6 Å². The Morgan fingerprint density at radius 3 is 2.74 bits per heavy atom. The van der Waals surface area contributed by atoms with E-state index in [1.807, 2.05) is 32.9 Å². The molecule has 126 valence electrons. The average molecular weight is 338 g/mol. The highest BCUT2D eigenvalue weighted by Crippen LogP contribution is 2.22. The number of hydrogen-bond donors (Lipinski definition) is 2. The van der Waals surface area contributed by atoms with Crippen LogP contribution in [0.2, 0.25) is 5.02 Å². The van der Waals surface area contributed by atoms with Crippen LogP contribution in [0.4, 0.5) is 10.5 Å². The normalized spacial score (nSPS) is 18.0. The molecule has 1 aliphatic heterocycles. The van der Waals surface area contributed by atoms with Crippen molar-refractivity contribution in [2.75, 3.05) is 18.4 Å². The molecule has 1 aromatic rings. The van der Waals surface area contributed by atoms with Gasteiger partial charge in [-0.2, -0.15) is 0 Å². The fourth-order valence-electron chi connectivity index (χ4n) is 2.63. The van der Waals surface area contributed by atoms with Crippen molar-refractivity contribution in [1.29, 1.82) is 0 Å². The number of amides is 3. The van der Waals surface area contributed by atoms with Crippen LogP contribution in [0, 0.1) is 12.8 Å². The highest BCUT2D eigenvalue weighted by Gasteiger charge is 2.28. The van der Waals surface area contributed by atoms with Crippen molar-refractivity contribution in [3.8, 4) is 0 Å². The van der Waals surface area contributed by atoms with Gasteiger partial charge in [-0.05, 0) is 51.3 Å². The lowest BCUT2D eigenvalue weighted by Crippen LogP contribution is -2.49. The molecular formula is C17H24ClN3O2. The Bertz CT molecular complexity index is 589. The van der Waals surface area contributed by atoms with Crippen LogP contribution in [-0.4, -0.2) is 36.0 Å². The van der Waals surface area contributed by atoms with Gasteiger partial charge in [-0.3, -0.25) is 4.79 Å². The van der Waals surface area contributed by atoms with E-state index in [-0.39, 0.29) is 23.9 Å². The van der Waals surface area contributed by atoms with Crippen molar-refractivity contribution in [1.82, 2.24) is 10.2 Å². The molecule has 1 atom stereocenters. The third-order valence-electron chi connectivity index (χ3n) is 3.93. The number of anilines is 1. The molecule has 5 nitrogen and oxygen atoms in total. The van der Waals surface area contributed by atoms with Gasteiger partial charge in [0.05, 0.1) is 5.92 Å². The van der Waals surface area contributed by atoms with Gasteiger partial charge >= 0.3 is 6.03 Å². The number of aryl methyl sites for hydroxylation is 1. The molecule has 0 spiro atoms. The Hall–Kier alpha value is -1.75. The second kappa shape index (κ2) is 7.68. The molecule has 0 bridgehead atoms. The minimum Gasteiger partial charge on any atom is -0.336 e. The van der Waals surface area contributed by atoms with E-state index >= 15 is 0 Å². The van der Waals surface area contributed by atoms with Crippen molar-refractivity contribution in [2.24, 2.45) is 5.92 Å². The first kappa shape index (κ1) is 17.6. The monoisotopic (exact) mass is 337 g/mol. The number of halogens is 1. The second-order valence-corrected chi connectivity index (χ2v) is 6.75. The summed E-state index contributed by atoms with van der Waals surface area (Å²) in [5, 5.41) is 6.40. The summed E-state index contributed by atoms with van der Waals surface area (Å²) in [6.45, 7) is 6.91. The van der Waals surface area contributed by atoms with Crippen molar-refractivity contribution in [3.63, 3.8) is 0 Å². The number of nitrogens with one attached hydrogen (secondary N) is 2. The van der Waals surface area contributed by atoms with E-state index in [9.17, 15) is 9.59 Å². The molecule has 2 rings (SSSR count). The van der Waals surface area contributed by atoms with Crippen molar-refractivity contribution in [3.05, 3.63) is 28.8 Å². The van der Waals surface area contributed by atoms with E-state index < -0.39 is 0 Å². The number of likely N-dealkylation sites (tertiary alicyclic amines) is 1. The first-order valence-electron chi connectivity index (χ1n) is 7.99. The van der Waals surface area contributed by atoms with E-state index in [0.717, 1.165) is 18.4 Å². The highest BCUT2D eigenvalue weighted by atomic mass is 35.5. The highest BCUT2D eigenvalue weighted by molar-refractivity contribution is 6.31. The maximum absolute atomic E-state index is 12.4. The molecule has 0 radical (unpaired) electrons. The van der Waals surface area contributed by atoms with Gasteiger partial charge in [0.2, 0.25) is 5.91 Å². The molecule has 3 amide bonds. The molecule has 1 aromatic carbocycles. The molecule has 23 heavy (non-hydrogen) atoms. The van der Waals surface area contributed by atoms with Gasteiger partial charge < -0.3 is 15.5 Å². The van der Waals surface area contributed by atoms with Crippen LogP contribution in [0.1, 0.15) is 32.3 Å². The molecule has 1 heterocycles. The van der Waals surface area contributed by atoms with Gasteiger partial charge in [-0.25, -0.2) is 4.79 Å². The largest absolute Gasteiger partial charge is 0.336 e. The maximum atomic E-state index is 12.4. The van der Waals surface area contributed by atoms with Crippen molar-refractivity contribution >= 4 is 29.2 Å². The molecule has 0 unspecified atom stereocenters. The fourth-order valence-corrected chi connectivity index (χ4v) is 2.81.